The first-order chi connectivity index (χ1) is 14.5. The molecule has 1 atom stereocenters. The van der Waals surface area contributed by atoms with E-state index in [1.807, 2.05) is 50.2 Å². The van der Waals surface area contributed by atoms with Crippen molar-refractivity contribution in [1.29, 1.82) is 0 Å². The van der Waals surface area contributed by atoms with E-state index >= 15 is 0 Å². The maximum atomic E-state index is 12.6. The number of esters is 1. The van der Waals surface area contributed by atoms with Gasteiger partial charge in [0.1, 0.15) is 12.4 Å². The van der Waals surface area contributed by atoms with Crippen molar-refractivity contribution in [1.82, 2.24) is 10.6 Å². The number of rotatable bonds is 8. The van der Waals surface area contributed by atoms with Gasteiger partial charge in [-0.3, -0.25) is 0 Å². The molecule has 30 heavy (non-hydrogen) atoms. The lowest BCUT2D eigenvalue weighted by Crippen LogP contribution is -2.46. The predicted molar refractivity (Wildman–Crippen MR) is 115 cm³/mol. The third-order valence-electron chi connectivity index (χ3n) is 4.89. The molecule has 2 aromatic carbocycles. The van der Waals surface area contributed by atoms with Crippen molar-refractivity contribution in [3.63, 3.8) is 0 Å². The summed E-state index contributed by atoms with van der Waals surface area (Å²) in [7, 11) is 0. The molecular weight excluding hydrogens is 380 g/mol. The van der Waals surface area contributed by atoms with Gasteiger partial charge < -0.3 is 20.1 Å². The maximum Gasteiger partial charge on any atom is 0.338 e. The van der Waals surface area contributed by atoms with E-state index in [1.165, 1.54) is 5.56 Å². The molecule has 2 amide bonds. The summed E-state index contributed by atoms with van der Waals surface area (Å²) in [6.45, 7) is 6.56. The summed E-state index contributed by atoms with van der Waals surface area (Å²) >= 11 is 0. The Kier molecular flexibility index (Phi) is 7.12. The quantitative estimate of drug-likeness (QED) is 0.629. The van der Waals surface area contributed by atoms with Gasteiger partial charge in [-0.15, -0.1) is 0 Å². The van der Waals surface area contributed by atoms with Crippen molar-refractivity contribution < 1.29 is 19.1 Å². The molecule has 0 saturated heterocycles. The van der Waals surface area contributed by atoms with Gasteiger partial charge in [0.15, 0.2) is 0 Å². The van der Waals surface area contributed by atoms with Crippen LogP contribution in [0, 0.1) is 6.92 Å². The van der Waals surface area contributed by atoms with E-state index in [2.05, 4.69) is 22.8 Å². The summed E-state index contributed by atoms with van der Waals surface area (Å²) in [5.41, 5.74) is 4.16. The summed E-state index contributed by atoms with van der Waals surface area (Å²) in [6, 6.07) is 14.7. The molecule has 2 N–H and O–H groups in total. The number of carbonyl (C=O) groups excluding carboxylic acids is 2. The predicted octanol–water partition coefficient (Wildman–Crippen LogP) is 4.55. The lowest BCUT2D eigenvalue weighted by atomic mass is 9.94. The molecule has 0 saturated carbocycles. The molecule has 0 aromatic heterocycles. The van der Waals surface area contributed by atoms with Gasteiger partial charge in [0, 0.05) is 5.70 Å². The third kappa shape index (κ3) is 5.20. The minimum atomic E-state index is -0.564. The molecule has 0 aliphatic carbocycles. The number of urea groups is 1. The number of nitrogens with one attached hydrogen (secondary N) is 2. The Labute approximate surface area is 177 Å². The SMILES string of the molecule is CCCC1=C(C(=O)OCC)C(c2ccc(OCc3ccc(C)cc3)cc2)NC(=O)N1. The molecule has 158 valence electrons. The van der Waals surface area contributed by atoms with Gasteiger partial charge in [-0.1, -0.05) is 55.3 Å². The zero-order valence-electron chi connectivity index (χ0n) is 17.7. The highest BCUT2D eigenvalue weighted by Gasteiger charge is 2.33. The second-order valence-corrected chi connectivity index (χ2v) is 7.24. The largest absolute Gasteiger partial charge is 0.489 e. The van der Waals surface area contributed by atoms with Crippen LogP contribution in [-0.2, 0) is 16.1 Å². The van der Waals surface area contributed by atoms with Gasteiger partial charge in [0.05, 0.1) is 18.2 Å². The van der Waals surface area contributed by atoms with Crippen LogP contribution < -0.4 is 15.4 Å². The van der Waals surface area contributed by atoms with Gasteiger partial charge in [0.25, 0.3) is 0 Å². The van der Waals surface area contributed by atoms with Crippen molar-refractivity contribution in [2.24, 2.45) is 0 Å². The molecule has 0 radical (unpaired) electrons. The first-order valence-electron chi connectivity index (χ1n) is 10.3. The lowest BCUT2D eigenvalue weighted by Gasteiger charge is -2.29. The fraction of sp³-hybridized carbons (Fsp3) is 0.333. The molecule has 0 spiro atoms. The van der Waals surface area contributed by atoms with Crippen LogP contribution in [0.1, 0.15) is 49.4 Å². The number of allylic oxidation sites excluding steroid dienone is 1. The molecule has 6 heteroatoms. The fourth-order valence-corrected chi connectivity index (χ4v) is 3.37. The molecule has 6 nitrogen and oxygen atoms in total. The molecule has 2 aromatic rings. The van der Waals surface area contributed by atoms with Crippen molar-refractivity contribution in [2.75, 3.05) is 6.61 Å². The second-order valence-electron chi connectivity index (χ2n) is 7.24. The van der Waals surface area contributed by atoms with Crippen LogP contribution >= 0.6 is 0 Å². The zero-order chi connectivity index (χ0) is 21.5. The molecule has 0 bridgehead atoms. The minimum absolute atomic E-state index is 0.272. The summed E-state index contributed by atoms with van der Waals surface area (Å²) in [4.78, 5) is 24.8. The van der Waals surface area contributed by atoms with Crippen LogP contribution in [0.2, 0.25) is 0 Å². The van der Waals surface area contributed by atoms with Crippen LogP contribution in [0.15, 0.2) is 59.8 Å². The molecular formula is C24H28N2O4. The highest BCUT2D eigenvalue weighted by atomic mass is 16.5. The van der Waals surface area contributed by atoms with E-state index in [9.17, 15) is 9.59 Å². The second kappa shape index (κ2) is 9.96. The van der Waals surface area contributed by atoms with Crippen LogP contribution in [0.4, 0.5) is 4.79 Å². The molecule has 1 unspecified atom stereocenters. The topological polar surface area (TPSA) is 76.7 Å². The average Bonchev–Trinajstić information content (AvgIpc) is 2.74. The van der Waals surface area contributed by atoms with Crippen molar-refractivity contribution in [2.45, 2.75) is 46.3 Å². The Hall–Kier alpha value is -3.28. The van der Waals surface area contributed by atoms with Gasteiger partial charge in [-0.05, 0) is 43.5 Å². The van der Waals surface area contributed by atoms with E-state index in [0.717, 1.165) is 23.3 Å². The standard InChI is InChI=1S/C24H28N2O4/c1-4-6-20-21(23(27)29-5-2)22(26-24(28)25-20)18-11-13-19(14-12-18)30-15-17-9-7-16(3)8-10-17/h7-14,22H,4-6,15H2,1-3H3,(H2,25,26,28). The van der Waals surface area contributed by atoms with Crippen LogP contribution in [-0.4, -0.2) is 18.6 Å². The summed E-state index contributed by atoms with van der Waals surface area (Å²) < 4.78 is 11.1. The smallest absolute Gasteiger partial charge is 0.338 e. The molecule has 3 rings (SSSR count). The highest BCUT2D eigenvalue weighted by Crippen LogP contribution is 2.30. The van der Waals surface area contributed by atoms with Crippen molar-refractivity contribution in [3.05, 3.63) is 76.5 Å². The Morgan fingerprint density at radius 1 is 1.03 bits per heavy atom. The van der Waals surface area contributed by atoms with E-state index in [0.29, 0.717) is 24.3 Å². The number of benzene rings is 2. The zero-order valence-corrected chi connectivity index (χ0v) is 17.7. The van der Waals surface area contributed by atoms with E-state index in [-0.39, 0.29) is 12.6 Å². The molecule has 1 heterocycles. The maximum absolute atomic E-state index is 12.6. The van der Waals surface area contributed by atoms with Crippen LogP contribution in [0.5, 0.6) is 5.75 Å². The van der Waals surface area contributed by atoms with E-state index < -0.39 is 12.0 Å². The fourth-order valence-electron chi connectivity index (χ4n) is 3.37. The van der Waals surface area contributed by atoms with Gasteiger partial charge in [0.2, 0.25) is 0 Å². The summed E-state index contributed by atoms with van der Waals surface area (Å²) in [5, 5.41) is 5.61. The molecule has 0 fully saturated rings. The number of hydrogen-bond donors (Lipinski definition) is 2. The Bertz CT molecular complexity index is 917. The van der Waals surface area contributed by atoms with Gasteiger partial charge in [-0.25, -0.2) is 9.59 Å². The summed E-state index contributed by atoms with van der Waals surface area (Å²) in [6.07, 6.45) is 1.40. The number of aryl methyl sites for hydroxylation is 1. The Balaban J connectivity index is 1.79. The number of ether oxygens (including phenoxy) is 2. The average molecular weight is 408 g/mol. The summed E-state index contributed by atoms with van der Waals surface area (Å²) in [5.74, 6) is 0.299. The molecule has 1 aliphatic rings. The minimum Gasteiger partial charge on any atom is -0.489 e. The number of hydrogen-bond acceptors (Lipinski definition) is 4. The van der Waals surface area contributed by atoms with Gasteiger partial charge in [-0.2, -0.15) is 0 Å². The Morgan fingerprint density at radius 3 is 2.37 bits per heavy atom. The Morgan fingerprint density at radius 2 is 1.73 bits per heavy atom. The highest BCUT2D eigenvalue weighted by molar-refractivity contribution is 5.95. The van der Waals surface area contributed by atoms with Crippen molar-refractivity contribution >= 4 is 12.0 Å². The van der Waals surface area contributed by atoms with Crippen molar-refractivity contribution in [3.8, 4) is 5.75 Å². The van der Waals surface area contributed by atoms with Crippen LogP contribution in [0.3, 0.4) is 0 Å². The van der Waals surface area contributed by atoms with E-state index in [1.54, 1.807) is 6.92 Å². The first-order valence-corrected chi connectivity index (χ1v) is 10.3. The first kappa shape index (κ1) is 21.4. The number of carbonyl (C=O) groups is 2. The monoisotopic (exact) mass is 408 g/mol. The number of amides is 2. The molecule has 1 aliphatic heterocycles. The third-order valence-corrected chi connectivity index (χ3v) is 4.89. The van der Waals surface area contributed by atoms with Crippen LogP contribution in [0.25, 0.3) is 0 Å². The normalized spacial score (nSPS) is 16.0. The van der Waals surface area contributed by atoms with Gasteiger partial charge >= 0.3 is 12.0 Å². The van der Waals surface area contributed by atoms with E-state index in [4.69, 9.17) is 9.47 Å². The lowest BCUT2D eigenvalue weighted by molar-refractivity contribution is -0.139.